The molecule has 1 fully saturated rings. The summed E-state index contributed by atoms with van der Waals surface area (Å²) in [7, 11) is 0. The van der Waals surface area contributed by atoms with Gasteiger partial charge in [0.05, 0.1) is 6.54 Å². The van der Waals surface area contributed by atoms with Crippen LogP contribution in [0.5, 0.6) is 0 Å². The summed E-state index contributed by atoms with van der Waals surface area (Å²) in [5.41, 5.74) is 0.0536. The SMILES string of the molecule is CCNC(=NCC1CCCCN1CC)NC(C)(C)C.I. The summed E-state index contributed by atoms with van der Waals surface area (Å²) in [5, 5.41) is 6.78. The molecular weight excluding hydrogens is 363 g/mol. The monoisotopic (exact) mass is 396 g/mol. The summed E-state index contributed by atoms with van der Waals surface area (Å²) >= 11 is 0. The highest BCUT2D eigenvalue weighted by atomic mass is 127. The lowest BCUT2D eigenvalue weighted by molar-refractivity contribution is 0.161. The Hall–Kier alpha value is -0.0400. The van der Waals surface area contributed by atoms with Gasteiger partial charge in [0, 0.05) is 18.1 Å². The van der Waals surface area contributed by atoms with E-state index >= 15 is 0 Å². The molecule has 0 spiro atoms. The predicted octanol–water partition coefficient (Wildman–Crippen LogP) is 2.83. The second-order valence-electron chi connectivity index (χ2n) is 6.37. The lowest BCUT2D eigenvalue weighted by atomic mass is 10.0. The minimum atomic E-state index is 0. The van der Waals surface area contributed by atoms with Crippen LogP contribution in [0.3, 0.4) is 0 Å². The van der Waals surface area contributed by atoms with E-state index in [0.717, 1.165) is 25.6 Å². The van der Waals surface area contributed by atoms with Crippen molar-refractivity contribution in [3.8, 4) is 0 Å². The zero-order valence-corrected chi connectivity index (χ0v) is 16.2. The third kappa shape index (κ3) is 7.67. The Kier molecular flexibility index (Phi) is 9.80. The lowest BCUT2D eigenvalue weighted by Crippen LogP contribution is -2.48. The lowest BCUT2D eigenvalue weighted by Gasteiger charge is -2.34. The molecule has 0 aromatic carbocycles. The summed E-state index contributed by atoms with van der Waals surface area (Å²) in [6, 6.07) is 0.620. The summed E-state index contributed by atoms with van der Waals surface area (Å²) in [6.45, 7) is 15.0. The zero-order valence-electron chi connectivity index (χ0n) is 13.8. The van der Waals surface area contributed by atoms with Gasteiger partial charge in [-0.25, -0.2) is 0 Å². The van der Waals surface area contributed by atoms with Crippen molar-refractivity contribution < 1.29 is 0 Å². The van der Waals surface area contributed by atoms with E-state index in [2.05, 4.69) is 50.2 Å². The van der Waals surface area contributed by atoms with Gasteiger partial charge in [0.15, 0.2) is 5.96 Å². The van der Waals surface area contributed by atoms with Crippen LogP contribution in [0.2, 0.25) is 0 Å². The molecule has 1 aliphatic rings. The molecule has 120 valence electrons. The van der Waals surface area contributed by atoms with E-state index in [1.54, 1.807) is 0 Å². The molecular formula is C15H33IN4. The Morgan fingerprint density at radius 2 is 1.95 bits per heavy atom. The maximum atomic E-state index is 4.77. The van der Waals surface area contributed by atoms with Gasteiger partial charge < -0.3 is 10.6 Å². The Bertz CT molecular complexity index is 286. The summed E-state index contributed by atoms with van der Waals surface area (Å²) < 4.78 is 0. The molecule has 20 heavy (non-hydrogen) atoms. The standard InChI is InChI=1S/C15H32N4.HI/c1-6-16-14(18-15(3,4)5)17-12-13-10-8-9-11-19(13)7-2;/h13H,6-12H2,1-5H3,(H2,16,17,18);1H. The van der Waals surface area contributed by atoms with Gasteiger partial charge in [0.2, 0.25) is 0 Å². The smallest absolute Gasteiger partial charge is 0.191 e. The highest BCUT2D eigenvalue weighted by Gasteiger charge is 2.21. The van der Waals surface area contributed by atoms with E-state index in [0.29, 0.717) is 6.04 Å². The number of aliphatic imine (C=N–C) groups is 1. The normalized spacial score (nSPS) is 21.2. The third-order valence-corrected chi connectivity index (χ3v) is 3.45. The fraction of sp³-hybridized carbons (Fsp3) is 0.933. The number of nitrogens with one attached hydrogen (secondary N) is 2. The number of rotatable bonds is 4. The van der Waals surface area contributed by atoms with Gasteiger partial charge in [0.25, 0.3) is 0 Å². The van der Waals surface area contributed by atoms with Crippen molar-refractivity contribution in [3.63, 3.8) is 0 Å². The maximum Gasteiger partial charge on any atom is 0.191 e. The van der Waals surface area contributed by atoms with Gasteiger partial charge in [-0.2, -0.15) is 0 Å². The molecule has 4 nitrogen and oxygen atoms in total. The zero-order chi connectivity index (χ0) is 14.3. The van der Waals surface area contributed by atoms with Gasteiger partial charge >= 0.3 is 0 Å². The number of halogens is 1. The second-order valence-corrected chi connectivity index (χ2v) is 6.37. The number of likely N-dealkylation sites (N-methyl/N-ethyl adjacent to an activating group) is 1. The molecule has 0 radical (unpaired) electrons. The van der Waals surface area contributed by atoms with E-state index in [1.807, 2.05) is 0 Å². The maximum absolute atomic E-state index is 4.77. The molecule has 0 aromatic heterocycles. The highest BCUT2D eigenvalue weighted by Crippen LogP contribution is 2.16. The second kappa shape index (κ2) is 9.82. The number of hydrogen-bond acceptors (Lipinski definition) is 2. The van der Waals surface area contributed by atoms with Gasteiger partial charge in [0.1, 0.15) is 0 Å². The van der Waals surface area contributed by atoms with Crippen LogP contribution in [0.25, 0.3) is 0 Å². The summed E-state index contributed by atoms with van der Waals surface area (Å²) in [4.78, 5) is 7.34. The van der Waals surface area contributed by atoms with Gasteiger partial charge in [-0.3, -0.25) is 9.89 Å². The number of hydrogen-bond donors (Lipinski definition) is 2. The van der Waals surface area contributed by atoms with Crippen molar-refractivity contribution in [2.24, 2.45) is 4.99 Å². The first kappa shape index (κ1) is 20.0. The van der Waals surface area contributed by atoms with Crippen LogP contribution in [0.15, 0.2) is 4.99 Å². The molecule has 1 saturated heterocycles. The van der Waals surface area contributed by atoms with Gasteiger partial charge in [-0.05, 0) is 53.6 Å². The first-order valence-electron chi connectivity index (χ1n) is 7.76. The van der Waals surface area contributed by atoms with Crippen molar-refractivity contribution in [2.75, 3.05) is 26.2 Å². The fourth-order valence-electron chi connectivity index (χ4n) is 2.54. The van der Waals surface area contributed by atoms with Crippen molar-refractivity contribution in [3.05, 3.63) is 0 Å². The van der Waals surface area contributed by atoms with Crippen molar-refractivity contribution in [1.29, 1.82) is 0 Å². The molecule has 5 heteroatoms. The Balaban J connectivity index is 0.00000361. The first-order chi connectivity index (χ1) is 8.96. The van der Waals surface area contributed by atoms with Crippen LogP contribution in [-0.4, -0.2) is 48.6 Å². The van der Waals surface area contributed by atoms with Crippen LogP contribution in [0, 0.1) is 0 Å². The molecule has 0 amide bonds. The quantitative estimate of drug-likeness (QED) is 0.436. The Morgan fingerprint density at radius 1 is 1.25 bits per heavy atom. The van der Waals surface area contributed by atoms with Gasteiger partial charge in [-0.15, -0.1) is 24.0 Å². The van der Waals surface area contributed by atoms with E-state index in [9.17, 15) is 0 Å². The third-order valence-electron chi connectivity index (χ3n) is 3.45. The van der Waals surface area contributed by atoms with Crippen LogP contribution in [0.1, 0.15) is 53.9 Å². The summed E-state index contributed by atoms with van der Waals surface area (Å²) in [6.07, 6.45) is 3.97. The average Bonchev–Trinajstić information content (AvgIpc) is 2.35. The molecule has 1 unspecified atom stereocenters. The van der Waals surface area contributed by atoms with E-state index in [4.69, 9.17) is 4.99 Å². The predicted molar refractivity (Wildman–Crippen MR) is 99.2 cm³/mol. The summed E-state index contributed by atoms with van der Waals surface area (Å²) in [5.74, 6) is 0.941. The minimum Gasteiger partial charge on any atom is -0.357 e. The number of likely N-dealkylation sites (tertiary alicyclic amines) is 1. The topological polar surface area (TPSA) is 39.7 Å². The number of piperidine rings is 1. The molecule has 2 N–H and O–H groups in total. The first-order valence-corrected chi connectivity index (χ1v) is 7.76. The number of guanidine groups is 1. The number of nitrogens with zero attached hydrogens (tertiary/aromatic N) is 2. The highest BCUT2D eigenvalue weighted by molar-refractivity contribution is 14.0. The van der Waals surface area contributed by atoms with Crippen molar-refractivity contribution in [1.82, 2.24) is 15.5 Å². The molecule has 0 saturated carbocycles. The molecule has 0 aromatic rings. The molecule has 0 aliphatic carbocycles. The minimum absolute atomic E-state index is 0. The Morgan fingerprint density at radius 3 is 2.50 bits per heavy atom. The van der Waals surface area contributed by atoms with E-state index in [1.165, 1.54) is 25.8 Å². The largest absolute Gasteiger partial charge is 0.357 e. The fourth-order valence-corrected chi connectivity index (χ4v) is 2.54. The van der Waals surface area contributed by atoms with Crippen LogP contribution in [-0.2, 0) is 0 Å². The van der Waals surface area contributed by atoms with E-state index < -0.39 is 0 Å². The molecule has 1 heterocycles. The van der Waals surface area contributed by atoms with Crippen LogP contribution >= 0.6 is 24.0 Å². The Labute approximate surface area is 142 Å². The molecule has 1 rings (SSSR count). The molecule has 1 aliphatic heterocycles. The van der Waals surface area contributed by atoms with Crippen LogP contribution < -0.4 is 10.6 Å². The molecule has 0 bridgehead atoms. The average molecular weight is 396 g/mol. The van der Waals surface area contributed by atoms with Crippen LogP contribution in [0.4, 0.5) is 0 Å². The van der Waals surface area contributed by atoms with Crippen molar-refractivity contribution in [2.45, 2.75) is 65.5 Å². The van der Waals surface area contributed by atoms with E-state index in [-0.39, 0.29) is 29.5 Å². The molecule has 1 atom stereocenters. The van der Waals surface area contributed by atoms with Gasteiger partial charge in [-0.1, -0.05) is 13.3 Å². The van der Waals surface area contributed by atoms with Crippen molar-refractivity contribution >= 4 is 29.9 Å².